The Hall–Kier alpha value is -0.860. The van der Waals surface area contributed by atoms with Gasteiger partial charge in [0.25, 0.3) is 0 Å². The molecule has 3 heteroatoms. The fraction of sp³-hybridized carbons (Fsp3) is 0.143. The smallest absolute Gasteiger partial charge is 0.123 e. The van der Waals surface area contributed by atoms with Crippen molar-refractivity contribution in [2.75, 3.05) is 0 Å². The summed E-state index contributed by atoms with van der Waals surface area (Å²) in [6.45, 7) is 0. The average Bonchev–Trinajstić information content (AvgIpc) is 2.29. The van der Waals surface area contributed by atoms with E-state index < -0.39 is 0 Å². The molecule has 88 valence electrons. The van der Waals surface area contributed by atoms with Crippen molar-refractivity contribution < 1.29 is 4.39 Å². The second-order valence-corrected chi connectivity index (χ2v) is 5.20. The molecule has 0 fully saturated rings. The maximum atomic E-state index is 13.0. The molecule has 0 aliphatic rings. The first-order valence-corrected chi connectivity index (χ1v) is 6.52. The summed E-state index contributed by atoms with van der Waals surface area (Å²) < 4.78 is 14.0. The maximum absolute atomic E-state index is 13.0. The largest absolute Gasteiger partial charge is 0.207 e. The molecule has 0 bridgehead atoms. The molecule has 0 N–H and O–H groups in total. The summed E-state index contributed by atoms with van der Waals surface area (Å²) in [6, 6.07) is 14.4. The lowest BCUT2D eigenvalue weighted by atomic mass is 10.0. The molecule has 2 aromatic carbocycles. The molecule has 0 aliphatic carbocycles. The highest BCUT2D eigenvalue weighted by atomic mass is 79.9. The van der Waals surface area contributed by atoms with Crippen LogP contribution in [-0.4, -0.2) is 0 Å². The summed E-state index contributed by atoms with van der Waals surface area (Å²) in [4.78, 5) is 0. The van der Waals surface area contributed by atoms with Gasteiger partial charge in [0.2, 0.25) is 0 Å². The highest BCUT2D eigenvalue weighted by Crippen LogP contribution is 2.30. The Morgan fingerprint density at radius 2 is 1.88 bits per heavy atom. The average molecular weight is 314 g/mol. The Balaban J connectivity index is 2.17. The van der Waals surface area contributed by atoms with Gasteiger partial charge in [0.05, 0.1) is 5.38 Å². The standard InChI is InChI=1S/C14H11BrClF/c15-13-7-2-1-6-12(13)14(16)9-10-4-3-5-11(17)8-10/h1-8,14H,9H2. The van der Waals surface area contributed by atoms with Gasteiger partial charge in [-0.05, 0) is 35.7 Å². The van der Waals surface area contributed by atoms with E-state index in [1.165, 1.54) is 12.1 Å². The van der Waals surface area contributed by atoms with Crippen molar-refractivity contribution in [3.05, 3.63) is 69.9 Å². The third-order valence-electron chi connectivity index (χ3n) is 2.55. The van der Waals surface area contributed by atoms with Gasteiger partial charge in [0.15, 0.2) is 0 Å². The van der Waals surface area contributed by atoms with Crippen LogP contribution in [0.2, 0.25) is 0 Å². The minimum atomic E-state index is -0.224. The topological polar surface area (TPSA) is 0 Å². The molecular weight excluding hydrogens is 303 g/mol. The van der Waals surface area contributed by atoms with Crippen LogP contribution >= 0.6 is 27.5 Å². The van der Waals surface area contributed by atoms with E-state index in [4.69, 9.17) is 11.6 Å². The lowest BCUT2D eigenvalue weighted by Crippen LogP contribution is -1.97. The third kappa shape index (κ3) is 3.30. The van der Waals surface area contributed by atoms with Crippen molar-refractivity contribution in [1.82, 2.24) is 0 Å². The van der Waals surface area contributed by atoms with E-state index in [1.54, 1.807) is 6.07 Å². The molecule has 0 spiro atoms. The SMILES string of the molecule is Fc1cccc(CC(Cl)c2ccccc2Br)c1. The molecule has 0 heterocycles. The van der Waals surface area contributed by atoms with Crippen LogP contribution in [0.5, 0.6) is 0 Å². The lowest BCUT2D eigenvalue weighted by Gasteiger charge is -2.11. The van der Waals surface area contributed by atoms with Crippen molar-refractivity contribution in [2.45, 2.75) is 11.8 Å². The van der Waals surface area contributed by atoms with Crippen LogP contribution in [0.4, 0.5) is 4.39 Å². The fourth-order valence-electron chi connectivity index (χ4n) is 1.71. The van der Waals surface area contributed by atoms with Crippen LogP contribution in [0.25, 0.3) is 0 Å². The summed E-state index contributed by atoms with van der Waals surface area (Å²) in [5, 5.41) is -0.160. The van der Waals surface area contributed by atoms with Crippen LogP contribution in [-0.2, 0) is 6.42 Å². The monoisotopic (exact) mass is 312 g/mol. The molecule has 0 saturated heterocycles. The first-order valence-electron chi connectivity index (χ1n) is 5.30. The van der Waals surface area contributed by atoms with Gasteiger partial charge in [0, 0.05) is 4.47 Å². The van der Waals surface area contributed by atoms with Crippen molar-refractivity contribution in [2.24, 2.45) is 0 Å². The zero-order valence-corrected chi connectivity index (χ0v) is 11.4. The van der Waals surface area contributed by atoms with E-state index in [1.807, 2.05) is 30.3 Å². The number of rotatable bonds is 3. The molecule has 1 atom stereocenters. The molecule has 0 radical (unpaired) electrons. The molecule has 0 amide bonds. The summed E-state index contributed by atoms with van der Waals surface area (Å²) in [7, 11) is 0. The molecule has 17 heavy (non-hydrogen) atoms. The summed E-state index contributed by atoms with van der Waals surface area (Å²) in [5.74, 6) is -0.224. The number of hydrogen-bond donors (Lipinski definition) is 0. The Bertz CT molecular complexity index is 513. The van der Waals surface area contributed by atoms with E-state index in [0.717, 1.165) is 15.6 Å². The third-order valence-corrected chi connectivity index (χ3v) is 3.66. The number of alkyl halides is 1. The maximum Gasteiger partial charge on any atom is 0.123 e. The highest BCUT2D eigenvalue weighted by molar-refractivity contribution is 9.10. The Morgan fingerprint density at radius 1 is 1.12 bits per heavy atom. The molecule has 0 aromatic heterocycles. The minimum absolute atomic E-state index is 0.160. The van der Waals surface area contributed by atoms with E-state index in [0.29, 0.717) is 6.42 Å². The second kappa shape index (κ2) is 5.65. The fourth-order valence-corrected chi connectivity index (χ4v) is 2.77. The molecule has 0 aliphatic heterocycles. The predicted molar refractivity (Wildman–Crippen MR) is 72.8 cm³/mol. The van der Waals surface area contributed by atoms with Crippen LogP contribution in [0, 0.1) is 5.82 Å². The number of halogens is 3. The zero-order chi connectivity index (χ0) is 12.3. The molecule has 1 unspecified atom stereocenters. The first kappa shape index (κ1) is 12.6. The normalized spacial score (nSPS) is 12.4. The van der Waals surface area contributed by atoms with E-state index in [2.05, 4.69) is 15.9 Å². The quantitative estimate of drug-likeness (QED) is 0.691. The first-order chi connectivity index (χ1) is 8.16. The Kier molecular flexibility index (Phi) is 4.19. The van der Waals surface area contributed by atoms with Gasteiger partial charge in [-0.15, -0.1) is 11.6 Å². The van der Waals surface area contributed by atoms with Crippen molar-refractivity contribution >= 4 is 27.5 Å². The zero-order valence-electron chi connectivity index (χ0n) is 9.04. The molecule has 0 nitrogen and oxygen atoms in total. The Labute approximate surface area is 114 Å². The van der Waals surface area contributed by atoms with Crippen LogP contribution in [0.1, 0.15) is 16.5 Å². The molecule has 2 rings (SSSR count). The predicted octanol–water partition coefficient (Wildman–Crippen LogP) is 5.11. The lowest BCUT2D eigenvalue weighted by molar-refractivity contribution is 0.625. The molecular formula is C14H11BrClF. The van der Waals surface area contributed by atoms with Gasteiger partial charge >= 0.3 is 0 Å². The van der Waals surface area contributed by atoms with E-state index in [-0.39, 0.29) is 11.2 Å². The summed E-state index contributed by atoms with van der Waals surface area (Å²) in [6.07, 6.45) is 0.613. The van der Waals surface area contributed by atoms with Gasteiger partial charge in [0.1, 0.15) is 5.82 Å². The van der Waals surface area contributed by atoms with Crippen molar-refractivity contribution in [1.29, 1.82) is 0 Å². The van der Waals surface area contributed by atoms with Gasteiger partial charge < -0.3 is 0 Å². The van der Waals surface area contributed by atoms with Crippen LogP contribution in [0.3, 0.4) is 0 Å². The van der Waals surface area contributed by atoms with Crippen LogP contribution < -0.4 is 0 Å². The number of benzene rings is 2. The van der Waals surface area contributed by atoms with E-state index >= 15 is 0 Å². The summed E-state index contributed by atoms with van der Waals surface area (Å²) in [5.41, 5.74) is 1.93. The summed E-state index contributed by atoms with van der Waals surface area (Å²) >= 11 is 9.81. The van der Waals surface area contributed by atoms with Gasteiger partial charge in [-0.1, -0.05) is 46.3 Å². The van der Waals surface area contributed by atoms with Crippen molar-refractivity contribution in [3.63, 3.8) is 0 Å². The van der Waals surface area contributed by atoms with E-state index in [9.17, 15) is 4.39 Å². The van der Waals surface area contributed by atoms with Gasteiger partial charge in [-0.3, -0.25) is 0 Å². The minimum Gasteiger partial charge on any atom is -0.207 e. The molecule has 2 aromatic rings. The van der Waals surface area contributed by atoms with Crippen LogP contribution in [0.15, 0.2) is 53.0 Å². The number of hydrogen-bond acceptors (Lipinski definition) is 0. The van der Waals surface area contributed by atoms with Gasteiger partial charge in [-0.2, -0.15) is 0 Å². The van der Waals surface area contributed by atoms with Gasteiger partial charge in [-0.25, -0.2) is 4.39 Å². The highest BCUT2D eigenvalue weighted by Gasteiger charge is 2.11. The van der Waals surface area contributed by atoms with Crippen molar-refractivity contribution in [3.8, 4) is 0 Å². The second-order valence-electron chi connectivity index (χ2n) is 3.82. The Morgan fingerprint density at radius 3 is 2.59 bits per heavy atom. The molecule has 0 saturated carbocycles.